The Labute approximate surface area is 200 Å². The van der Waals surface area contributed by atoms with Gasteiger partial charge in [0.15, 0.2) is 11.5 Å². The van der Waals surface area contributed by atoms with E-state index in [2.05, 4.69) is 48.6 Å². The van der Waals surface area contributed by atoms with E-state index in [-0.39, 0.29) is 22.8 Å². The fourth-order valence-electron chi connectivity index (χ4n) is 8.52. The Morgan fingerprint density at radius 1 is 1.29 bits per heavy atom. The zero-order valence-electron chi connectivity index (χ0n) is 20.5. The number of hydrogen-bond donors (Lipinski definition) is 3. The predicted molar refractivity (Wildman–Crippen MR) is 129 cm³/mol. The van der Waals surface area contributed by atoms with Gasteiger partial charge in [0, 0.05) is 43.2 Å². The van der Waals surface area contributed by atoms with Crippen molar-refractivity contribution in [2.75, 3.05) is 40.3 Å². The molecule has 4 unspecified atom stereocenters. The summed E-state index contributed by atoms with van der Waals surface area (Å²) in [5, 5.41) is 7.07. The van der Waals surface area contributed by atoms with Crippen LogP contribution in [-0.2, 0) is 18.3 Å². The molecule has 5 aliphatic rings. The molecule has 5 atom stereocenters. The van der Waals surface area contributed by atoms with E-state index in [1.807, 2.05) is 4.90 Å². The molecule has 2 aliphatic heterocycles. The summed E-state index contributed by atoms with van der Waals surface area (Å²) in [6.45, 7) is 7.77. The predicted octanol–water partition coefficient (Wildman–Crippen LogP) is 2.48. The number of carbonyl (C=O) groups excluding carboxylic acids is 1. The van der Waals surface area contributed by atoms with Crippen LogP contribution >= 0.6 is 0 Å². The molecule has 180 valence electrons. The van der Waals surface area contributed by atoms with Crippen LogP contribution in [0.1, 0.15) is 57.9 Å². The molecule has 3 aliphatic carbocycles. The lowest BCUT2D eigenvalue weighted by molar-refractivity contribution is 0.0726. The molecule has 3 N–H and O–H groups in total. The first-order chi connectivity index (χ1) is 16.4. The topological polar surface area (TPSA) is 78.6 Å². The average molecular weight is 463 g/mol. The van der Waals surface area contributed by atoms with E-state index in [1.165, 1.54) is 16.7 Å². The molecule has 1 saturated heterocycles. The molecular weight excluding hydrogens is 428 g/mol. The summed E-state index contributed by atoms with van der Waals surface area (Å²) >= 11 is 0. The highest BCUT2D eigenvalue weighted by atomic mass is 16.5. The van der Waals surface area contributed by atoms with Gasteiger partial charge in [-0.2, -0.15) is 0 Å². The molecule has 7 rings (SSSR count). The molecular formula is C27H34N4O3. The number of methoxy groups -OCH3 is 1. The fraction of sp³-hybridized carbons (Fsp3) is 0.593. The van der Waals surface area contributed by atoms with Gasteiger partial charge in [0.1, 0.15) is 11.8 Å². The van der Waals surface area contributed by atoms with Crippen molar-refractivity contribution in [3.8, 4) is 11.5 Å². The van der Waals surface area contributed by atoms with Crippen molar-refractivity contribution in [2.24, 2.45) is 11.3 Å². The number of nitrogens with one attached hydrogen (secondary N) is 3. The minimum Gasteiger partial charge on any atom is -0.493 e. The highest BCUT2D eigenvalue weighted by molar-refractivity contribution is 5.94. The second-order valence-electron chi connectivity index (χ2n) is 11.3. The summed E-state index contributed by atoms with van der Waals surface area (Å²) in [7, 11) is 3.84. The number of H-pyrrole nitrogens is 1. The van der Waals surface area contributed by atoms with Gasteiger partial charge in [-0.1, -0.05) is 13.0 Å². The van der Waals surface area contributed by atoms with Gasteiger partial charge in [0.25, 0.3) is 5.91 Å². The lowest BCUT2D eigenvalue weighted by atomic mass is 9.59. The SMILES string of the molecule is CNC1C2Cc3c([nH]c(C(=O)N4CCNCC4)c3C)[C@@H]3Oc4c(OC)ccc5c4C23CC1(C)C5. The fourth-order valence-corrected chi connectivity index (χ4v) is 8.52. The number of rotatable bonds is 3. The zero-order chi connectivity index (χ0) is 23.4. The number of carbonyl (C=O) groups is 1. The van der Waals surface area contributed by atoms with Crippen molar-refractivity contribution >= 4 is 5.91 Å². The molecule has 1 amide bonds. The van der Waals surface area contributed by atoms with Crippen molar-refractivity contribution in [3.05, 3.63) is 45.8 Å². The lowest BCUT2D eigenvalue weighted by Crippen LogP contribution is -2.47. The summed E-state index contributed by atoms with van der Waals surface area (Å²) < 4.78 is 12.7. The van der Waals surface area contributed by atoms with Crippen LogP contribution in [0.2, 0.25) is 0 Å². The first kappa shape index (κ1) is 20.8. The number of ether oxygens (including phenoxy) is 2. The Hall–Kier alpha value is -2.51. The Kier molecular flexibility index (Phi) is 4.16. The van der Waals surface area contributed by atoms with Gasteiger partial charge in [-0.3, -0.25) is 4.79 Å². The normalized spacial score (nSPS) is 34.5. The molecule has 34 heavy (non-hydrogen) atoms. The number of benzene rings is 1. The van der Waals surface area contributed by atoms with Crippen LogP contribution < -0.4 is 20.1 Å². The summed E-state index contributed by atoms with van der Waals surface area (Å²) in [5.41, 5.74) is 7.07. The van der Waals surface area contributed by atoms with E-state index in [1.54, 1.807) is 7.11 Å². The highest BCUT2D eigenvalue weighted by Crippen LogP contribution is 2.73. The lowest BCUT2D eigenvalue weighted by Gasteiger charge is -2.43. The van der Waals surface area contributed by atoms with Gasteiger partial charge in [-0.25, -0.2) is 0 Å². The van der Waals surface area contributed by atoms with Crippen molar-refractivity contribution in [1.82, 2.24) is 20.5 Å². The molecule has 0 radical (unpaired) electrons. The van der Waals surface area contributed by atoms with Crippen LogP contribution in [0.5, 0.6) is 11.5 Å². The van der Waals surface area contributed by atoms with Crippen LogP contribution in [0.15, 0.2) is 12.1 Å². The van der Waals surface area contributed by atoms with Crippen molar-refractivity contribution in [3.63, 3.8) is 0 Å². The van der Waals surface area contributed by atoms with Crippen LogP contribution in [0.3, 0.4) is 0 Å². The Morgan fingerprint density at radius 3 is 2.82 bits per heavy atom. The number of piperazine rings is 1. The maximum atomic E-state index is 13.5. The number of nitrogens with zero attached hydrogens (tertiary/aromatic N) is 1. The molecule has 2 fully saturated rings. The smallest absolute Gasteiger partial charge is 0.270 e. The number of aromatic amines is 1. The van der Waals surface area contributed by atoms with E-state index in [0.29, 0.717) is 12.0 Å². The van der Waals surface area contributed by atoms with Crippen LogP contribution in [0, 0.1) is 18.3 Å². The van der Waals surface area contributed by atoms with E-state index < -0.39 is 0 Å². The Morgan fingerprint density at radius 2 is 2.09 bits per heavy atom. The molecule has 2 bridgehead atoms. The van der Waals surface area contributed by atoms with E-state index in [0.717, 1.165) is 73.9 Å². The maximum Gasteiger partial charge on any atom is 0.270 e. The second-order valence-corrected chi connectivity index (χ2v) is 11.3. The van der Waals surface area contributed by atoms with Crippen LogP contribution in [-0.4, -0.2) is 62.2 Å². The molecule has 7 nitrogen and oxygen atoms in total. The molecule has 2 aromatic rings. The number of hydrogen-bond acceptors (Lipinski definition) is 5. The minimum absolute atomic E-state index is 0.0977. The van der Waals surface area contributed by atoms with Crippen LogP contribution in [0.4, 0.5) is 0 Å². The average Bonchev–Trinajstić information content (AvgIpc) is 3.42. The Bertz CT molecular complexity index is 1210. The quantitative estimate of drug-likeness (QED) is 0.653. The summed E-state index contributed by atoms with van der Waals surface area (Å²) in [6.07, 6.45) is 2.99. The van der Waals surface area contributed by atoms with E-state index in [9.17, 15) is 4.79 Å². The van der Waals surface area contributed by atoms with Gasteiger partial charge in [0.2, 0.25) is 0 Å². The highest BCUT2D eigenvalue weighted by Gasteiger charge is 2.71. The number of aromatic nitrogens is 1. The Balaban J connectivity index is 1.41. The molecule has 1 aromatic heterocycles. The third-order valence-corrected chi connectivity index (χ3v) is 9.73. The van der Waals surface area contributed by atoms with Gasteiger partial charge in [-0.15, -0.1) is 0 Å². The van der Waals surface area contributed by atoms with E-state index in [4.69, 9.17) is 9.47 Å². The first-order valence-electron chi connectivity index (χ1n) is 12.7. The minimum atomic E-state index is -0.118. The van der Waals surface area contributed by atoms with Gasteiger partial charge in [-0.05, 0) is 67.3 Å². The van der Waals surface area contributed by atoms with Crippen molar-refractivity contribution in [1.29, 1.82) is 0 Å². The standard InChI is InChI=1S/C27H34N4O3/c1-14-16-11-17-23(28-3)26(2)12-15-5-6-18(33-4)22-19(15)27(17,13-26)24(34-22)21(16)30-20(14)25(32)31-9-7-29-8-10-31/h5-6,17,23-24,28-30H,7-13H2,1-4H3/t17?,23?,24-,26?,27?/m0/s1. The van der Waals surface area contributed by atoms with Gasteiger partial charge in [0.05, 0.1) is 12.8 Å². The molecule has 1 saturated carbocycles. The van der Waals surface area contributed by atoms with Gasteiger partial charge >= 0.3 is 0 Å². The third kappa shape index (κ3) is 2.32. The second kappa shape index (κ2) is 6.79. The summed E-state index contributed by atoms with van der Waals surface area (Å²) in [5.74, 6) is 2.26. The van der Waals surface area contributed by atoms with Crippen molar-refractivity contribution < 1.29 is 14.3 Å². The maximum absolute atomic E-state index is 13.5. The van der Waals surface area contributed by atoms with Gasteiger partial charge < -0.3 is 30.0 Å². The third-order valence-electron chi connectivity index (χ3n) is 9.73. The summed E-state index contributed by atoms with van der Waals surface area (Å²) in [6, 6.07) is 4.71. The molecule has 3 heterocycles. The monoisotopic (exact) mass is 462 g/mol. The zero-order valence-corrected chi connectivity index (χ0v) is 20.5. The first-order valence-corrected chi connectivity index (χ1v) is 12.7. The summed E-state index contributed by atoms with van der Waals surface area (Å²) in [4.78, 5) is 19.1. The van der Waals surface area contributed by atoms with Crippen LogP contribution in [0.25, 0.3) is 0 Å². The largest absolute Gasteiger partial charge is 0.493 e. The molecule has 7 heteroatoms. The van der Waals surface area contributed by atoms with Crippen molar-refractivity contribution in [2.45, 2.75) is 50.7 Å². The molecule has 1 spiro atoms. The number of fused-ring (bicyclic) bond motifs is 3. The molecule has 1 aromatic carbocycles. The number of amides is 1. The van der Waals surface area contributed by atoms with E-state index >= 15 is 0 Å².